The molecule has 0 radical (unpaired) electrons. The second-order valence-electron chi connectivity index (χ2n) is 6.61. The molecule has 110 valence electrons. The highest BCUT2D eigenvalue weighted by molar-refractivity contribution is 5.87. The highest BCUT2D eigenvalue weighted by atomic mass is 14.2. The van der Waals surface area contributed by atoms with E-state index in [4.69, 9.17) is 0 Å². The molecule has 21 heavy (non-hydrogen) atoms. The average molecular weight is 278 g/mol. The minimum absolute atomic E-state index is 0.857. The lowest BCUT2D eigenvalue weighted by Crippen LogP contribution is -2.00. The Kier molecular flexibility index (Phi) is 4.43. The molecule has 0 fully saturated rings. The van der Waals surface area contributed by atoms with Gasteiger partial charge in [-0.1, -0.05) is 56.7 Å². The van der Waals surface area contributed by atoms with Crippen LogP contribution in [-0.2, 0) is 6.42 Å². The van der Waals surface area contributed by atoms with Gasteiger partial charge >= 0.3 is 0 Å². The largest absolute Gasteiger partial charge is 0.0805 e. The van der Waals surface area contributed by atoms with Crippen LogP contribution in [0.5, 0.6) is 0 Å². The molecule has 0 amide bonds. The number of hydrogen-bond donors (Lipinski definition) is 0. The summed E-state index contributed by atoms with van der Waals surface area (Å²) in [7, 11) is 0. The van der Waals surface area contributed by atoms with Gasteiger partial charge in [-0.3, -0.25) is 0 Å². The maximum atomic E-state index is 2.45. The van der Waals surface area contributed by atoms with Gasteiger partial charge in [-0.2, -0.15) is 0 Å². The average Bonchev–Trinajstić information content (AvgIpc) is 2.53. The normalized spacial score (nSPS) is 18.8. The van der Waals surface area contributed by atoms with Gasteiger partial charge in [0.05, 0.1) is 0 Å². The Labute approximate surface area is 128 Å². The van der Waals surface area contributed by atoms with Gasteiger partial charge in [0, 0.05) is 0 Å². The fourth-order valence-corrected chi connectivity index (χ4v) is 3.26. The first kappa shape index (κ1) is 14.4. The van der Waals surface area contributed by atoms with Crippen molar-refractivity contribution in [3.05, 3.63) is 53.6 Å². The summed E-state index contributed by atoms with van der Waals surface area (Å²) in [6, 6.07) is 14.0. The van der Waals surface area contributed by atoms with E-state index in [-0.39, 0.29) is 0 Å². The summed E-state index contributed by atoms with van der Waals surface area (Å²) in [6.07, 6.45) is 10.0. The number of rotatable bonds is 4. The molecule has 1 aliphatic carbocycles. The maximum Gasteiger partial charge on any atom is -0.0178 e. The highest BCUT2D eigenvalue weighted by Gasteiger charge is 2.11. The van der Waals surface area contributed by atoms with Crippen LogP contribution in [-0.4, -0.2) is 0 Å². The Hall–Kier alpha value is -1.56. The number of hydrogen-bond acceptors (Lipinski definition) is 0. The molecule has 0 aliphatic heterocycles. The second kappa shape index (κ2) is 6.47. The van der Waals surface area contributed by atoms with E-state index in [9.17, 15) is 0 Å². The lowest BCUT2D eigenvalue weighted by molar-refractivity contribution is 0.534. The van der Waals surface area contributed by atoms with Gasteiger partial charge < -0.3 is 0 Å². The van der Waals surface area contributed by atoms with E-state index in [1.165, 1.54) is 60.4 Å². The van der Waals surface area contributed by atoms with E-state index >= 15 is 0 Å². The molecule has 0 heterocycles. The predicted molar refractivity (Wildman–Crippen MR) is 93.6 cm³/mol. The van der Waals surface area contributed by atoms with Crippen LogP contribution in [0, 0.1) is 5.92 Å². The summed E-state index contributed by atoms with van der Waals surface area (Å²) < 4.78 is 0. The third kappa shape index (κ3) is 3.37. The standard InChI is InChI=1S/C21H26/c1-3-4-5-17-8-11-21-15-20(13-12-19(21)14-17)18-9-6-16(2)7-10-18/h8-9,11-16H,3-7,10H2,1-2H3. The van der Waals surface area contributed by atoms with E-state index in [2.05, 4.69) is 56.3 Å². The van der Waals surface area contributed by atoms with E-state index in [0.717, 1.165) is 5.92 Å². The smallest absolute Gasteiger partial charge is 0.0178 e. The zero-order chi connectivity index (χ0) is 14.7. The molecular formula is C21H26. The van der Waals surface area contributed by atoms with Crippen molar-refractivity contribution < 1.29 is 0 Å². The first-order chi connectivity index (χ1) is 10.3. The third-order valence-corrected chi connectivity index (χ3v) is 4.77. The van der Waals surface area contributed by atoms with Gasteiger partial charge in [0.15, 0.2) is 0 Å². The minimum atomic E-state index is 0.857. The van der Waals surface area contributed by atoms with Crippen LogP contribution in [0.1, 0.15) is 57.1 Å². The van der Waals surface area contributed by atoms with Gasteiger partial charge in [0.2, 0.25) is 0 Å². The summed E-state index contributed by atoms with van der Waals surface area (Å²) >= 11 is 0. The van der Waals surface area contributed by atoms with E-state index in [1.807, 2.05) is 0 Å². The maximum absolute atomic E-state index is 2.45. The molecule has 1 aliphatic rings. The quantitative estimate of drug-likeness (QED) is 0.608. The zero-order valence-corrected chi connectivity index (χ0v) is 13.4. The van der Waals surface area contributed by atoms with Crippen LogP contribution in [0.15, 0.2) is 42.5 Å². The van der Waals surface area contributed by atoms with Crippen LogP contribution in [0.2, 0.25) is 0 Å². The van der Waals surface area contributed by atoms with E-state index in [1.54, 1.807) is 5.57 Å². The van der Waals surface area contributed by atoms with E-state index < -0.39 is 0 Å². The lowest BCUT2D eigenvalue weighted by Gasteiger charge is -2.18. The fourth-order valence-electron chi connectivity index (χ4n) is 3.26. The number of unbranched alkanes of at least 4 members (excludes halogenated alkanes) is 1. The molecule has 0 saturated carbocycles. The summed E-state index contributed by atoms with van der Waals surface area (Å²) in [5.41, 5.74) is 4.45. The highest BCUT2D eigenvalue weighted by Crippen LogP contribution is 2.31. The second-order valence-corrected chi connectivity index (χ2v) is 6.61. The molecule has 0 heteroatoms. The third-order valence-electron chi connectivity index (χ3n) is 4.77. The van der Waals surface area contributed by atoms with Gasteiger partial charge in [0.1, 0.15) is 0 Å². The molecular weight excluding hydrogens is 252 g/mol. The minimum Gasteiger partial charge on any atom is -0.0805 e. The Bertz CT molecular complexity index is 648. The van der Waals surface area contributed by atoms with Crippen molar-refractivity contribution in [1.82, 2.24) is 0 Å². The number of fused-ring (bicyclic) bond motifs is 1. The van der Waals surface area contributed by atoms with Crippen LogP contribution in [0.25, 0.3) is 16.3 Å². The van der Waals surface area contributed by atoms with Crippen LogP contribution >= 0.6 is 0 Å². The molecule has 0 bridgehead atoms. The van der Waals surface area contributed by atoms with Crippen LogP contribution in [0.3, 0.4) is 0 Å². The van der Waals surface area contributed by atoms with Gasteiger partial charge in [-0.25, -0.2) is 0 Å². The number of allylic oxidation sites excluding steroid dienone is 2. The van der Waals surface area contributed by atoms with Crippen molar-refractivity contribution in [3.8, 4) is 0 Å². The topological polar surface area (TPSA) is 0 Å². The van der Waals surface area contributed by atoms with Crippen molar-refractivity contribution in [2.45, 2.75) is 52.4 Å². The molecule has 2 aromatic carbocycles. The van der Waals surface area contributed by atoms with Crippen LogP contribution in [0.4, 0.5) is 0 Å². The molecule has 0 spiro atoms. The van der Waals surface area contributed by atoms with Crippen LogP contribution < -0.4 is 0 Å². The SMILES string of the molecule is CCCCc1ccc2cc(C3=CCC(C)CC3)ccc2c1. The number of aryl methyl sites for hydroxylation is 1. The molecule has 0 N–H and O–H groups in total. The Morgan fingerprint density at radius 1 is 1.05 bits per heavy atom. The fraction of sp³-hybridized carbons (Fsp3) is 0.429. The molecule has 0 aromatic heterocycles. The Morgan fingerprint density at radius 3 is 2.62 bits per heavy atom. The summed E-state index contributed by atoms with van der Waals surface area (Å²) in [5.74, 6) is 0.857. The van der Waals surface area contributed by atoms with E-state index in [0.29, 0.717) is 0 Å². The Morgan fingerprint density at radius 2 is 1.86 bits per heavy atom. The summed E-state index contributed by atoms with van der Waals surface area (Å²) in [6.45, 7) is 4.61. The lowest BCUT2D eigenvalue weighted by atomic mass is 9.87. The number of benzene rings is 2. The summed E-state index contributed by atoms with van der Waals surface area (Å²) in [4.78, 5) is 0. The Balaban J connectivity index is 1.87. The molecule has 3 rings (SSSR count). The molecule has 0 nitrogen and oxygen atoms in total. The predicted octanol–water partition coefficient (Wildman–Crippen LogP) is 6.39. The molecule has 1 atom stereocenters. The first-order valence-electron chi connectivity index (χ1n) is 8.48. The summed E-state index contributed by atoms with van der Waals surface area (Å²) in [5, 5.41) is 2.77. The van der Waals surface area contributed by atoms with Crippen molar-refractivity contribution in [2.24, 2.45) is 5.92 Å². The van der Waals surface area contributed by atoms with Gasteiger partial charge in [-0.05, 0) is 71.6 Å². The zero-order valence-electron chi connectivity index (χ0n) is 13.4. The molecule has 1 unspecified atom stereocenters. The van der Waals surface area contributed by atoms with Crippen molar-refractivity contribution in [3.63, 3.8) is 0 Å². The van der Waals surface area contributed by atoms with Crippen molar-refractivity contribution in [2.75, 3.05) is 0 Å². The van der Waals surface area contributed by atoms with Gasteiger partial charge in [-0.15, -0.1) is 0 Å². The molecule has 0 saturated heterocycles. The first-order valence-corrected chi connectivity index (χ1v) is 8.48. The monoisotopic (exact) mass is 278 g/mol. The van der Waals surface area contributed by atoms with Crippen molar-refractivity contribution >= 4 is 16.3 Å². The van der Waals surface area contributed by atoms with Crippen molar-refractivity contribution in [1.29, 1.82) is 0 Å². The van der Waals surface area contributed by atoms with Gasteiger partial charge in [0.25, 0.3) is 0 Å². The molecule has 2 aromatic rings.